The number of nitrogens with one attached hydrogen (secondary N) is 1. The Bertz CT molecular complexity index is 905. The molecule has 0 radical (unpaired) electrons. The van der Waals surface area contributed by atoms with Gasteiger partial charge in [0.2, 0.25) is 5.95 Å². The first-order valence-corrected chi connectivity index (χ1v) is 10.7. The summed E-state index contributed by atoms with van der Waals surface area (Å²) >= 11 is 0. The van der Waals surface area contributed by atoms with Gasteiger partial charge in [0, 0.05) is 43.2 Å². The van der Waals surface area contributed by atoms with Crippen molar-refractivity contribution < 1.29 is 18.3 Å². The third-order valence-electron chi connectivity index (χ3n) is 6.37. The minimum absolute atomic E-state index is 0.0250. The fourth-order valence-corrected chi connectivity index (χ4v) is 4.32. The molecular formula is C22H28F3N5O. The van der Waals surface area contributed by atoms with Gasteiger partial charge in [0.15, 0.2) is 0 Å². The van der Waals surface area contributed by atoms with Crippen LogP contribution in [0.5, 0.6) is 0 Å². The number of aliphatic hydroxyl groups is 1. The van der Waals surface area contributed by atoms with Crippen molar-refractivity contribution in [2.24, 2.45) is 5.92 Å². The first-order valence-electron chi connectivity index (χ1n) is 10.7. The van der Waals surface area contributed by atoms with Gasteiger partial charge in [-0.15, -0.1) is 0 Å². The van der Waals surface area contributed by atoms with E-state index < -0.39 is 11.7 Å². The van der Waals surface area contributed by atoms with Crippen molar-refractivity contribution >= 4 is 23.1 Å². The molecule has 2 aromatic rings. The molecular weight excluding hydrogens is 407 g/mol. The predicted octanol–water partition coefficient (Wildman–Crippen LogP) is 4.43. The van der Waals surface area contributed by atoms with Gasteiger partial charge in [-0.25, -0.2) is 4.98 Å². The summed E-state index contributed by atoms with van der Waals surface area (Å²) in [6.45, 7) is 6.01. The molecule has 1 aromatic heterocycles. The van der Waals surface area contributed by atoms with Gasteiger partial charge in [-0.3, -0.25) is 0 Å². The lowest BCUT2D eigenvalue weighted by Gasteiger charge is -2.32. The van der Waals surface area contributed by atoms with E-state index in [0.717, 1.165) is 37.7 Å². The maximum absolute atomic E-state index is 13.6. The molecule has 0 bridgehead atoms. The smallest absolute Gasteiger partial charge is 0.391 e. The van der Waals surface area contributed by atoms with Gasteiger partial charge in [0.05, 0.1) is 6.10 Å². The van der Waals surface area contributed by atoms with Crippen LogP contribution in [0.25, 0.3) is 0 Å². The number of alkyl halides is 3. The quantitative estimate of drug-likeness (QED) is 0.741. The molecule has 0 aliphatic carbocycles. The summed E-state index contributed by atoms with van der Waals surface area (Å²) < 4.78 is 40.8. The largest absolute Gasteiger partial charge is 0.421 e. The summed E-state index contributed by atoms with van der Waals surface area (Å²) in [6, 6.07) is 7.52. The summed E-state index contributed by atoms with van der Waals surface area (Å²) in [6.07, 6.45) is -1.38. The average Bonchev–Trinajstić information content (AvgIpc) is 3.06. The van der Waals surface area contributed by atoms with Gasteiger partial charge >= 0.3 is 6.18 Å². The molecule has 0 spiro atoms. The van der Waals surface area contributed by atoms with Crippen LogP contribution in [0.4, 0.5) is 36.3 Å². The number of benzene rings is 1. The second kappa shape index (κ2) is 8.53. The summed E-state index contributed by atoms with van der Waals surface area (Å²) in [5.41, 5.74) is 0.881. The second-order valence-electron chi connectivity index (χ2n) is 8.54. The van der Waals surface area contributed by atoms with Gasteiger partial charge in [-0.1, -0.05) is 6.92 Å². The first-order chi connectivity index (χ1) is 14.7. The van der Waals surface area contributed by atoms with Crippen LogP contribution < -0.4 is 15.1 Å². The number of β-amino-alcohol motifs (C(OH)–C–C–N with tert-alkyl or cyclic N) is 1. The van der Waals surface area contributed by atoms with Gasteiger partial charge < -0.3 is 20.2 Å². The first kappa shape index (κ1) is 21.7. The molecule has 4 rings (SSSR count). The van der Waals surface area contributed by atoms with Gasteiger partial charge in [-0.05, 0) is 56.4 Å². The molecule has 3 atom stereocenters. The minimum Gasteiger partial charge on any atom is -0.391 e. The SMILES string of the molecule is CC1CCN(c2nc(Nc3ccc(N4CCC[C@H](O)C4)cc3)ncc2C(F)(F)F)C1C. The maximum Gasteiger partial charge on any atom is 0.421 e. The van der Waals surface area contributed by atoms with E-state index in [1.165, 1.54) is 0 Å². The number of anilines is 4. The number of halogens is 3. The highest BCUT2D eigenvalue weighted by atomic mass is 19.4. The third-order valence-corrected chi connectivity index (χ3v) is 6.37. The Labute approximate surface area is 180 Å². The van der Waals surface area contributed by atoms with E-state index in [4.69, 9.17) is 0 Å². The summed E-state index contributed by atoms with van der Waals surface area (Å²) in [5, 5.41) is 12.9. The minimum atomic E-state index is -4.51. The fraction of sp³-hybridized carbons (Fsp3) is 0.545. The van der Waals surface area contributed by atoms with E-state index in [9.17, 15) is 18.3 Å². The van der Waals surface area contributed by atoms with E-state index in [0.29, 0.717) is 24.7 Å². The molecule has 2 unspecified atom stereocenters. The average molecular weight is 435 g/mol. The van der Waals surface area contributed by atoms with E-state index in [-0.39, 0.29) is 23.9 Å². The Hall–Kier alpha value is -2.55. The van der Waals surface area contributed by atoms with Crippen molar-refractivity contribution in [2.75, 3.05) is 34.8 Å². The summed E-state index contributed by atoms with van der Waals surface area (Å²) in [7, 11) is 0. The molecule has 2 saturated heterocycles. The second-order valence-corrected chi connectivity index (χ2v) is 8.54. The molecule has 168 valence electrons. The third kappa shape index (κ3) is 4.71. The lowest BCUT2D eigenvalue weighted by atomic mass is 10.1. The van der Waals surface area contributed by atoms with E-state index in [2.05, 4.69) is 20.2 Å². The zero-order valence-corrected chi connectivity index (χ0v) is 17.7. The number of aromatic nitrogens is 2. The van der Waals surface area contributed by atoms with Crippen LogP contribution in [-0.4, -0.2) is 46.9 Å². The van der Waals surface area contributed by atoms with Gasteiger partial charge in [0.1, 0.15) is 11.4 Å². The van der Waals surface area contributed by atoms with Crippen LogP contribution in [0.1, 0.15) is 38.7 Å². The fourth-order valence-electron chi connectivity index (χ4n) is 4.32. The maximum atomic E-state index is 13.6. The van der Waals surface area contributed by atoms with Crippen molar-refractivity contribution in [1.29, 1.82) is 0 Å². The molecule has 2 fully saturated rings. The van der Waals surface area contributed by atoms with Gasteiger partial charge in [-0.2, -0.15) is 18.2 Å². The van der Waals surface area contributed by atoms with E-state index in [1.807, 2.05) is 38.1 Å². The normalized spacial score (nSPS) is 24.5. The topological polar surface area (TPSA) is 64.5 Å². The number of piperidine rings is 1. The lowest BCUT2D eigenvalue weighted by Crippen LogP contribution is -2.38. The highest BCUT2D eigenvalue weighted by Crippen LogP contribution is 2.39. The van der Waals surface area contributed by atoms with Crippen LogP contribution in [0.3, 0.4) is 0 Å². The number of rotatable bonds is 4. The summed E-state index contributed by atoms with van der Waals surface area (Å²) in [5.74, 6) is 0.366. The highest BCUT2D eigenvalue weighted by Gasteiger charge is 2.39. The van der Waals surface area contributed by atoms with Crippen molar-refractivity contribution in [3.63, 3.8) is 0 Å². The Kier molecular flexibility index (Phi) is 5.96. The van der Waals surface area contributed by atoms with Crippen LogP contribution in [0, 0.1) is 5.92 Å². The van der Waals surface area contributed by atoms with Crippen LogP contribution in [0.2, 0.25) is 0 Å². The van der Waals surface area contributed by atoms with Crippen molar-refractivity contribution in [3.05, 3.63) is 36.0 Å². The summed E-state index contributed by atoms with van der Waals surface area (Å²) in [4.78, 5) is 12.0. The monoisotopic (exact) mass is 435 g/mol. The standard InChI is InChI=1S/C22H28F3N5O/c1-14-9-11-30(15(14)2)20-19(22(23,24)25)12-26-21(28-20)27-16-5-7-17(8-6-16)29-10-3-4-18(31)13-29/h5-8,12,14-15,18,31H,3-4,9-11,13H2,1-2H3,(H,26,27,28)/t14?,15?,18-/m0/s1. The molecule has 9 heteroatoms. The van der Waals surface area contributed by atoms with Crippen molar-refractivity contribution in [2.45, 2.75) is 51.4 Å². The molecule has 3 heterocycles. The number of aliphatic hydroxyl groups excluding tert-OH is 1. The Balaban J connectivity index is 1.55. The van der Waals surface area contributed by atoms with Gasteiger partial charge in [0.25, 0.3) is 0 Å². The van der Waals surface area contributed by atoms with Crippen molar-refractivity contribution in [1.82, 2.24) is 9.97 Å². The van der Waals surface area contributed by atoms with Crippen LogP contribution in [0.15, 0.2) is 30.5 Å². The molecule has 2 aliphatic heterocycles. The highest BCUT2D eigenvalue weighted by molar-refractivity contribution is 5.61. The number of hydrogen-bond donors (Lipinski definition) is 2. The number of nitrogens with zero attached hydrogens (tertiary/aromatic N) is 4. The predicted molar refractivity (Wildman–Crippen MR) is 115 cm³/mol. The Morgan fingerprint density at radius 3 is 2.45 bits per heavy atom. The van der Waals surface area contributed by atoms with Crippen LogP contribution in [-0.2, 0) is 6.18 Å². The number of hydrogen-bond acceptors (Lipinski definition) is 6. The molecule has 1 aromatic carbocycles. The Morgan fingerprint density at radius 1 is 1.10 bits per heavy atom. The molecule has 2 aliphatic rings. The molecule has 0 amide bonds. The molecule has 6 nitrogen and oxygen atoms in total. The van der Waals surface area contributed by atoms with Crippen molar-refractivity contribution in [3.8, 4) is 0 Å². The van der Waals surface area contributed by atoms with E-state index >= 15 is 0 Å². The molecule has 31 heavy (non-hydrogen) atoms. The zero-order chi connectivity index (χ0) is 22.2. The van der Waals surface area contributed by atoms with Crippen LogP contribution >= 0.6 is 0 Å². The van der Waals surface area contributed by atoms with E-state index in [1.54, 1.807) is 4.90 Å². The lowest BCUT2D eigenvalue weighted by molar-refractivity contribution is -0.137. The molecule has 0 saturated carbocycles. The molecule has 2 N–H and O–H groups in total. The zero-order valence-electron chi connectivity index (χ0n) is 17.7. The Morgan fingerprint density at radius 2 is 1.84 bits per heavy atom.